The number of halogens is 2. The van der Waals surface area contributed by atoms with Crippen LogP contribution in [-0.2, 0) is 9.59 Å². The molecule has 2 aromatic carbocycles. The maximum atomic E-state index is 13.9. The zero-order chi connectivity index (χ0) is 24.7. The van der Waals surface area contributed by atoms with Gasteiger partial charge in [0.1, 0.15) is 6.04 Å². The number of carbonyl (C=O) groups excluding carboxylic acids is 2. The van der Waals surface area contributed by atoms with Crippen molar-refractivity contribution in [3.63, 3.8) is 0 Å². The average molecular weight is 485 g/mol. The van der Waals surface area contributed by atoms with Gasteiger partial charge in [-0.3, -0.25) is 9.59 Å². The molecule has 0 bridgehead atoms. The second-order valence-corrected chi connectivity index (χ2v) is 9.25. The number of likely N-dealkylation sites (tertiary alicyclic amines) is 1. The second-order valence-electron chi connectivity index (χ2n) is 9.25. The lowest BCUT2D eigenvalue weighted by Crippen LogP contribution is -2.45. The molecule has 35 heavy (non-hydrogen) atoms. The van der Waals surface area contributed by atoms with Gasteiger partial charge in [0.05, 0.1) is 17.4 Å². The highest BCUT2D eigenvalue weighted by atomic mass is 19.2. The number of carbonyl (C=O) groups is 2. The van der Waals surface area contributed by atoms with E-state index >= 15 is 0 Å². The van der Waals surface area contributed by atoms with Crippen LogP contribution in [0.3, 0.4) is 0 Å². The fraction of sp³-hybridized carbons (Fsp3) is 0.400. The first-order chi connectivity index (χ1) is 16.8. The minimum atomic E-state index is -0.983. The largest absolute Gasteiger partial charge is 0.454 e. The van der Waals surface area contributed by atoms with Gasteiger partial charge in [-0.25, -0.2) is 13.8 Å². The topological polar surface area (TPSA) is 85.7 Å². The van der Waals surface area contributed by atoms with Crippen molar-refractivity contribution in [3.8, 4) is 11.5 Å². The molecule has 184 valence electrons. The molecule has 10 heteroatoms. The lowest BCUT2D eigenvalue weighted by Gasteiger charge is -2.35. The van der Waals surface area contributed by atoms with Crippen LogP contribution in [0.1, 0.15) is 32.7 Å². The summed E-state index contributed by atoms with van der Waals surface area (Å²) in [5.74, 6) is -1.29. The summed E-state index contributed by atoms with van der Waals surface area (Å²) < 4.78 is 39.8. The number of fused-ring (bicyclic) bond motifs is 2. The molecule has 3 heterocycles. The van der Waals surface area contributed by atoms with Gasteiger partial charge in [-0.15, -0.1) is 0 Å². The predicted molar refractivity (Wildman–Crippen MR) is 124 cm³/mol. The van der Waals surface area contributed by atoms with Gasteiger partial charge >= 0.3 is 0 Å². The van der Waals surface area contributed by atoms with Crippen molar-refractivity contribution >= 4 is 28.5 Å². The van der Waals surface area contributed by atoms with Gasteiger partial charge in [-0.05, 0) is 30.9 Å². The number of aromatic nitrogens is 2. The monoisotopic (exact) mass is 484 g/mol. The van der Waals surface area contributed by atoms with Crippen molar-refractivity contribution in [3.05, 3.63) is 48.3 Å². The van der Waals surface area contributed by atoms with Crippen molar-refractivity contribution in [2.45, 2.75) is 32.7 Å². The number of anilines is 1. The van der Waals surface area contributed by atoms with Gasteiger partial charge in [0.2, 0.25) is 18.6 Å². The Balaban J connectivity index is 1.25. The SMILES string of the molecule is CC(C)C(C(=O)N1CCC(C(=O)Nc2ccc3c(c2)OCO3)CC1)n1cnc2cc(F)c(F)cc21. The highest BCUT2D eigenvalue weighted by molar-refractivity contribution is 5.93. The minimum Gasteiger partial charge on any atom is -0.454 e. The molecular formula is C25H26F2N4O4. The summed E-state index contributed by atoms with van der Waals surface area (Å²) >= 11 is 0. The van der Waals surface area contributed by atoms with Crippen LogP contribution in [0.5, 0.6) is 11.5 Å². The van der Waals surface area contributed by atoms with Crippen LogP contribution in [-0.4, -0.2) is 46.1 Å². The molecule has 1 saturated heterocycles. The highest BCUT2D eigenvalue weighted by Gasteiger charge is 2.34. The van der Waals surface area contributed by atoms with E-state index in [1.165, 1.54) is 6.33 Å². The van der Waals surface area contributed by atoms with Crippen LogP contribution < -0.4 is 14.8 Å². The normalized spacial score (nSPS) is 16.7. The molecule has 0 saturated carbocycles. The summed E-state index contributed by atoms with van der Waals surface area (Å²) in [5.41, 5.74) is 1.29. The number of ether oxygens (including phenoxy) is 2. The van der Waals surface area contributed by atoms with Crippen LogP contribution in [0.4, 0.5) is 14.5 Å². The molecule has 0 aliphatic carbocycles. The highest BCUT2D eigenvalue weighted by Crippen LogP contribution is 2.35. The number of rotatable bonds is 5. The molecule has 0 radical (unpaired) electrons. The van der Waals surface area contributed by atoms with E-state index in [0.29, 0.717) is 54.2 Å². The maximum Gasteiger partial charge on any atom is 0.245 e. The van der Waals surface area contributed by atoms with E-state index in [2.05, 4.69) is 10.3 Å². The number of amides is 2. The Morgan fingerprint density at radius 3 is 2.51 bits per heavy atom. The van der Waals surface area contributed by atoms with E-state index in [1.807, 2.05) is 13.8 Å². The Morgan fingerprint density at radius 2 is 1.77 bits per heavy atom. The lowest BCUT2D eigenvalue weighted by atomic mass is 9.94. The van der Waals surface area contributed by atoms with Gasteiger partial charge in [-0.2, -0.15) is 0 Å². The number of hydrogen-bond acceptors (Lipinski definition) is 5. The Labute approximate surface area is 200 Å². The van der Waals surface area contributed by atoms with Crippen LogP contribution in [0.25, 0.3) is 11.0 Å². The summed E-state index contributed by atoms with van der Waals surface area (Å²) in [4.78, 5) is 32.2. The number of nitrogens with one attached hydrogen (secondary N) is 1. The molecule has 1 fully saturated rings. The maximum absolute atomic E-state index is 13.9. The number of piperidine rings is 1. The Hall–Kier alpha value is -3.69. The molecule has 2 aliphatic heterocycles. The molecule has 8 nitrogen and oxygen atoms in total. The summed E-state index contributed by atoms with van der Waals surface area (Å²) in [6.07, 6.45) is 2.51. The third-order valence-corrected chi connectivity index (χ3v) is 6.62. The van der Waals surface area contributed by atoms with Crippen molar-refractivity contribution in [2.75, 3.05) is 25.2 Å². The van der Waals surface area contributed by atoms with Crippen LogP contribution in [0.2, 0.25) is 0 Å². The zero-order valence-corrected chi connectivity index (χ0v) is 19.5. The third kappa shape index (κ3) is 4.40. The number of nitrogens with zero attached hydrogens (tertiary/aromatic N) is 3. The molecule has 2 aliphatic rings. The summed E-state index contributed by atoms with van der Waals surface area (Å²) in [5, 5.41) is 2.92. The van der Waals surface area contributed by atoms with E-state index in [9.17, 15) is 18.4 Å². The van der Waals surface area contributed by atoms with Gasteiger partial charge < -0.3 is 24.3 Å². The molecule has 3 aromatic rings. The molecule has 1 unspecified atom stereocenters. The number of hydrogen-bond donors (Lipinski definition) is 1. The van der Waals surface area contributed by atoms with E-state index in [1.54, 1.807) is 27.7 Å². The fourth-order valence-electron chi connectivity index (χ4n) is 4.74. The molecular weight excluding hydrogens is 458 g/mol. The van der Waals surface area contributed by atoms with Gasteiger partial charge in [0, 0.05) is 42.9 Å². The van der Waals surface area contributed by atoms with Crippen LogP contribution >= 0.6 is 0 Å². The molecule has 1 N–H and O–H groups in total. The molecule has 1 atom stereocenters. The molecule has 1 aromatic heterocycles. The van der Waals surface area contributed by atoms with E-state index in [0.717, 1.165) is 12.1 Å². The van der Waals surface area contributed by atoms with Crippen LogP contribution in [0, 0.1) is 23.5 Å². The Kier molecular flexibility index (Phi) is 6.04. The van der Waals surface area contributed by atoms with Gasteiger partial charge in [-0.1, -0.05) is 13.8 Å². The third-order valence-electron chi connectivity index (χ3n) is 6.62. The van der Waals surface area contributed by atoms with Crippen molar-refractivity contribution in [1.82, 2.24) is 14.5 Å². The van der Waals surface area contributed by atoms with Crippen molar-refractivity contribution < 1.29 is 27.8 Å². The van der Waals surface area contributed by atoms with Gasteiger partial charge in [0.15, 0.2) is 23.1 Å². The molecule has 0 spiro atoms. The number of benzene rings is 2. The van der Waals surface area contributed by atoms with E-state index in [4.69, 9.17) is 9.47 Å². The van der Waals surface area contributed by atoms with Crippen molar-refractivity contribution in [1.29, 1.82) is 0 Å². The zero-order valence-electron chi connectivity index (χ0n) is 19.5. The van der Waals surface area contributed by atoms with Crippen LogP contribution in [0.15, 0.2) is 36.7 Å². The van der Waals surface area contributed by atoms with Gasteiger partial charge in [0.25, 0.3) is 0 Å². The summed E-state index contributed by atoms with van der Waals surface area (Å²) in [6, 6.07) is 6.74. The van der Waals surface area contributed by atoms with E-state index in [-0.39, 0.29) is 30.4 Å². The number of imidazole rings is 1. The Morgan fingerprint density at radius 1 is 1.06 bits per heavy atom. The first-order valence-corrected chi connectivity index (χ1v) is 11.6. The van der Waals surface area contributed by atoms with E-state index < -0.39 is 17.7 Å². The molecule has 5 rings (SSSR count). The standard InChI is InChI=1S/C25H26F2N4O4/c1-14(2)23(31-12-28-19-10-17(26)18(27)11-20(19)31)25(33)30-7-5-15(6-8-30)24(32)29-16-3-4-21-22(9-16)35-13-34-21/h3-4,9-12,14-15,23H,5-8,13H2,1-2H3,(H,29,32). The second kappa shape index (κ2) is 9.16. The average Bonchev–Trinajstić information content (AvgIpc) is 3.46. The first-order valence-electron chi connectivity index (χ1n) is 11.6. The Bertz CT molecular complexity index is 1280. The predicted octanol–water partition coefficient (Wildman–Crippen LogP) is 4.12. The fourth-order valence-corrected chi connectivity index (χ4v) is 4.74. The lowest BCUT2D eigenvalue weighted by molar-refractivity contribution is -0.138. The summed E-state index contributed by atoms with van der Waals surface area (Å²) in [7, 11) is 0. The van der Waals surface area contributed by atoms with Crippen molar-refractivity contribution in [2.24, 2.45) is 11.8 Å². The molecule has 2 amide bonds. The smallest absolute Gasteiger partial charge is 0.245 e. The quantitative estimate of drug-likeness (QED) is 0.589. The summed E-state index contributed by atoms with van der Waals surface area (Å²) in [6.45, 7) is 4.82. The first kappa shape index (κ1) is 23.1. The minimum absolute atomic E-state index is 0.102.